The number of thiocarbonyl (C=S) groups is 1. The van der Waals surface area contributed by atoms with E-state index in [-0.39, 0.29) is 11.0 Å². The summed E-state index contributed by atoms with van der Waals surface area (Å²) in [5, 5.41) is 10.0. The Bertz CT molecular complexity index is 695. The molecule has 0 saturated carbocycles. The molecule has 0 aliphatic rings. The van der Waals surface area contributed by atoms with Gasteiger partial charge in [0.25, 0.3) is 5.91 Å². The molecule has 0 radical (unpaired) electrons. The number of benzene rings is 1. The van der Waals surface area contributed by atoms with Gasteiger partial charge in [-0.2, -0.15) is 5.10 Å². The SMILES string of the molecule is Cc1cc(I)ccc1NC(=S)NC(=O)c1c(I)cnn1C. The lowest BCUT2D eigenvalue weighted by molar-refractivity contribution is 0.0967. The van der Waals surface area contributed by atoms with Crippen LogP contribution in [0.4, 0.5) is 5.69 Å². The third-order valence-corrected chi connectivity index (χ3v) is 4.44. The van der Waals surface area contributed by atoms with E-state index in [2.05, 4.69) is 60.9 Å². The topological polar surface area (TPSA) is 58.9 Å². The number of rotatable bonds is 2. The van der Waals surface area contributed by atoms with Crippen molar-refractivity contribution in [3.8, 4) is 0 Å². The van der Waals surface area contributed by atoms with Gasteiger partial charge in [-0.05, 0) is 88.1 Å². The molecular formula is C13H12I2N4OS. The standard InChI is InChI=1S/C13H12I2N4OS/c1-7-5-8(14)3-4-10(7)17-13(21)18-12(20)11-9(15)6-16-19(11)2/h3-6H,1-2H3,(H2,17,18,20,21). The van der Waals surface area contributed by atoms with Crippen LogP contribution in [0.1, 0.15) is 16.1 Å². The maximum atomic E-state index is 12.2. The molecule has 1 aromatic carbocycles. The van der Waals surface area contributed by atoms with E-state index in [1.165, 1.54) is 4.68 Å². The maximum Gasteiger partial charge on any atom is 0.276 e. The summed E-state index contributed by atoms with van der Waals surface area (Å²) < 4.78 is 3.45. The van der Waals surface area contributed by atoms with E-state index < -0.39 is 0 Å². The van der Waals surface area contributed by atoms with Crippen LogP contribution in [0.15, 0.2) is 24.4 Å². The summed E-state index contributed by atoms with van der Waals surface area (Å²) in [6.45, 7) is 1.99. The van der Waals surface area contributed by atoms with Crippen LogP contribution in [0.25, 0.3) is 0 Å². The minimum atomic E-state index is -0.278. The number of aromatic nitrogens is 2. The highest BCUT2D eigenvalue weighted by molar-refractivity contribution is 14.1. The summed E-state index contributed by atoms with van der Waals surface area (Å²) in [4.78, 5) is 12.2. The Morgan fingerprint density at radius 3 is 2.67 bits per heavy atom. The second-order valence-corrected chi connectivity index (χ2v) is 7.15. The largest absolute Gasteiger partial charge is 0.332 e. The number of nitrogens with zero attached hydrogens (tertiary/aromatic N) is 2. The predicted octanol–water partition coefficient (Wildman–Crippen LogP) is 3.06. The minimum Gasteiger partial charge on any atom is -0.332 e. The van der Waals surface area contributed by atoms with Crippen molar-refractivity contribution in [2.45, 2.75) is 6.92 Å². The molecule has 110 valence electrons. The molecule has 0 unspecified atom stereocenters. The van der Waals surface area contributed by atoms with Crippen molar-refractivity contribution in [2.75, 3.05) is 5.32 Å². The number of anilines is 1. The molecule has 5 nitrogen and oxygen atoms in total. The first-order valence-electron chi connectivity index (χ1n) is 5.94. The zero-order valence-corrected chi connectivity index (χ0v) is 16.4. The van der Waals surface area contributed by atoms with E-state index in [0.717, 1.165) is 18.4 Å². The van der Waals surface area contributed by atoms with Gasteiger partial charge in [-0.25, -0.2) is 0 Å². The van der Waals surface area contributed by atoms with Gasteiger partial charge in [0.05, 0.1) is 9.77 Å². The molecule has 0 atom stereocenters. The molecule has 1 amide bonds. The Morgan fingerprint density at radius 1 is 1.38 bits per heavy atom. The molecule has 0 bridgehead atoms. The van der Waals surface area contributed by atoms with Crippen molar-refractivity contribution in [2.24, 2.45) is 7.05 Å². The highest BCUT2D eigenvalue weighted by Crippen LogP contribution is 2.17. The minimum absolute atomic E-state index is 0.265. The zero-order valence-electron chi connectivity index (χ0n) is 11.3. The molecule has 0 fully saturated rings. The van der Waals surface area contributed by atoms with Crippen molar-refractivity contribution in [1.29, 1.82) is 0 Å². The number of amides is 1. The maximum absolute atomic E-state index is 12.2. The fourth-order valence-corrected chi connectivity index (χ4v) is 3.32. The Morgan fingerprint density at radius 2 is 2.10 bits per heavy atom. The fraction of sp³-hybridized carbons (Fsp3) is 0.154. The van der Waals surface area contributed by atoms with Crippen molar-refractivity contribution in [1.82, 2.24) is 15.1 Å². The molecule has 0 spiro atoms. The number of hydrogen-bond acceptors (Lipinski definition) is 3. The van der Waals surface area contributed by atoms with Crippen LogP contribution in [-0.4, -0.2) is 20.8 Å². The monoisotopic (exact) mass is 526 g/mol. The van der Waals surface area contributed by atoms with E-state index >= 15 is 0 Å². The Hall–Kier alpha value is -0.750. The third kappa shape index (κ3) is 4.13. The summed E-state index contributed by atoms with van der Waals surface area (Å²) in [5.41, 5.74) is 2.42. The fourth-order valence-electron chi connectivity index (χ4n) is 1.75. The number of halogens is 2. The zero-order chi connectivity index (χ0) is 15.6. The first-order chi connectivity index (χ1) is 9.88. The van der Waals surface area contributed by atoms with Crippen LogP contribution in [0.5, 0.6) is 0 Å². The van der Waals surface area contributed by atoms with Crippen molar-refractivity contribution in [3.63, 3.8) is 0 Å². The van der Waals surface area contributed by atoms with Gasteiger partial charge in [-0.3, -0.25) is 14.8 Å². The lowest BCUT2D eigenvalue weighted by atomic mass is 10.2. The van der Waals surface area contributed by atoms with Crippen LogP contribution < -0.4 is 10.6 Å². The van der Waals surface area contributed by atoms with Gasteiger partial charge in [0.15, 0.2) is 5.11 Å². The van der Waals surface area contributed by atoms with Gasteiger partial charge in [0.2, 0.25) is 0 Å². The van der Waals surface area contributed by atoms with E-state index in [1.807, 2.05) is 25.1 Å². The van der Waals surface area contributed by atoms with Gasteiger partial charge >= 0.3 is 0 Å². The van der Waals surface area contributed by atoms with E-state index in [0.29, 0.717) is 5.69 Å². The van der Waals surface area contributed by atoms with Crippen LogP contribution >= 0.6 is 57.4 Å². The number of carbonyl (C=O) groups is 1. The molecule has 0 aliphatic heterocycles. The molecule has 0 aliphatic carbocycles. The smallest absolute Gasteiger partial charge is 0.276 e. The summed E-state index contributed by atoms with van der Waals surface area (Å²) >= 11 is 9.50. The van der Waals surface area contributed by atoms with Gasteiger partial charge < -0.3 is 5.32 Å². The van der Waals surface area contributed by atoms with Crippen molar-refractivity contribution < 1.29 is 4.79 Å². The molecule has 2 rings (SSSR count). The molecule has 1 aromatic heterocycles. The number of nitrogens with one attached hydrogen (secondary N) is 2. The summed E-state index contributed by atoms with van der Waals surface area (Å²) in [6, 6.07) is 5.95. The molecule has 2 aromatic rings. The Balaban J connectivity index is 2.07. The van der Waals surface area contributed by atoms with Gasteiger partial charge in [0.1, 0.15) is 5.69 Å². The molecule has 1 heterocycles. The average Bonchev–Trinajstić information content (AvgIpc) is 2.72. The number of carbonyl (C=O) groups excluding carboxylic acids is 1. The van der Waals surface area contributed by atoms with Crippen LogP contribution in [0.2, 0.25) is 0 Å². The van der Waals surface area contributed by atoms with Crippen LogP contribution in [-0.2, 0) is 7.05 Å². The molecule has 0 saturated heterocycles. The lowest BCUT2D eigenvalue weighted by Gasteiger charge is -2.12. The van der Waals surface area contributed by atoms with Gasteiger partial charge in [0, 0.05) is 16.3 Å². The van der Waals surface area contributed by atoms with E-state index in [9.17, 15) is 4.79 Å². The highest BCUT2D eigenvalue weighted by atomic mass is 127. The molecule has 21 heavy (non-hydrogen) atoms. The molecular weight excluding hydrogens is 514 g/mol. The number of hydrogen-bond donors (Lipinski definition) is 2. The van der Waals surface area contributed by atoms with Gasteiger partial charge in [-0.1, -0.05) is 0 Å². The van der Waals surface area contributed by atoms with Crippen LogP contribution in [0, 0.1) is 14.1 Å². The Labute approximate surface area is 155 Å². The van der Waals surface area contributed by atoms with Crippen molar-refractivity contribution >= 4 is 74.1 Å². The Kier molecular flexibility index (Phi) is 5.54. The molecule has 2 N–H and O–H groups in total. The van der Waals surface area contributed by atoms with Crippen molar-refractivity contribution in [3.05, 3.63) is 42.8 Å². The summed E-state index contributed by atoms with van der Waals surface area (Å²) in [5.74, 6) is -0.278. The van der Waals surface area contributed by atoms with E-state index in [1.54, 1.807) is 13.2 Å². The van der Waals surface area contributed by atoms with Gasteiger partial charge in [-0.15, -0.1) is 0 Å². The second-order valence-electron chi connectivity index (χ2n) is 4.33. The average molecular weight is 526 g/mol. The molecule has 8 heteroatoms. The van der Waals surface area contributed by atoms with E-state index in [4.69, 9.17) is 12.2 Å². The summed E-state index contributed by atoms with van der Waals surface area (Å²) in [7, 11) is 1.72. The lowest BCUT2D eigenvalue weighted by Crippen LogP contribution is -2.35. The highest BCUT2D eigenvalue weighted by Gasteiger charge is 2.16. The first kappa shape index (κ1) is 16.6. The van der Waals surface area contributed by atoms with Crippen LogP contribution in [0.3, 0.4) is 0 Å². The summed E-state index contributed by atoms with van der Waals surface area (Å²) in [6.07, 6.45) is 1.63. The quantitative estimate of drug-likeness (QED) is 0.467. The first-order valence-corrected chi connectivity index (χ1v) is 8.51. The predicted molar refractivity (Wildman–Crippen MR) is 104 cm³/mol. The normalized spacial score (nSPS) is 10.3. The second kappa shape index (κ2) is 7.01. The third-order valence-electron chi connectivity index (χ3n) is 2.77. The number of aryl methyl sites for hydroxylation is 2.